The predicted octanol–water partition coefficient (Wildman–Crippen LogP) is 2.37. The Morgan fingerprint density at radius 3 is 2.64 bits per heavy atom. The summed E-state index contributed by atoms with van der Waals surface area (Å²) in [6, 6.07) is 5.81. The second-order valence-electron chi connectivity index (χ2n) is 7.31. The minimum absolute atomic E-state index is 0.0538. The van der Waals surface area contributed by atoms with Gasteiger partial charge in [0, 0.05) is 10.5 Å². The Hall–Kier alpha value is -2.42. The van der Waals surface area contributed by atoms with Crippen LogP contribution in [0.2, 0.25) is 0 Å². The zero-order chi connectivity index (χ0) is 20.3. The first-order valence-corrected chi connectivity index (χ1v) is 10.1. The lowest BCUT2D eigenvalue weighted by atomic mass is 9.92. The number of imide groups is 2. The van der Waals surface area contributed by atoms with Gasteiger partial charge in [-0.15, -0.1) is 0 Å². The molecule has 2 aliphatic rings. The monoisotopic (exact) mass is 450 g/mol. The van der Waals surface area contributed by atoms with Crippen molar-refractivity contribution in [1.29, 1.82) is 0 Å². The van der Waals surface area contributed by atoms with Gasteiger partial charge in [-0.2, -0.15) is 0 Å². The molecule has 28 heavy (non-hydrogen) atoms. The maximum absolute atomic E-state index is 12.8. The van der Waals surface area contributed by atoms with Crippen LogP contribution in [0.25, 0.3) is 0 Å². The van der Waals surface area contributed by atoms with E-state index < -0.39 is 36.0 Å². The second kappa shape index (κ2) is 8.30. The molecule has 1 aliphatic carbocycles. The minimum atomic E-state index is -1.27. The summed E-state index contributed by atoms with van der Waals surface area (Å²) in [6.45, 7) is 1.06. The Kier molecular flexibility index (Phi) is 6.02. The number of halogens is 1. The van der Waals surface area contributed by atoms with Gasteiger partial charge in [-0.25, -0.2) is 9.59 Å². The topological polar surface area (TPSA) is 108 Å². The highest BCUT2D eigenvalue weighted by molar-refractivity contribution is 9.10. The fourth-order valence-corrected chi connectivity index (χ4v) is 4.01. The van der Waals surface area contributed by atoms with Crippen LogP contribution in [0.4, 0.5) is 9.59 Å². The van der Waals surface area contributed by atoms with Crippen LogP contribution in [0, 0.1) is 0 Å². The van der Waals surface area contributed by atoms with Gasteiger partial charge in [0.1, 0.15) is 12.1 Å². The van der Waals surface area contributed by atoms with Crippen LogP contribution in [0.1, 0.15) is 44.6 Å². The first kappa shape index (κ1) is 20.3. The molecular formula is C19H23BrN4O4. The number of urea groups is 2. The number of carbonyl (C=O) groups excluding carboxylic acids is 4. The summed E-state index contributed by atoms with van der Waals surface area (Å²) in [4.78, 5) is 50.1. The molecule has 0 bridgehead atoms. The Labute approximate surface area is 171 Å². The van der Waals surface area contributed by atoms with E-state index in [-0.39, 0.29) is 6.04 Å². The SMILES string of the molecule is C[C@]1(c2cccc(Br)c2)NC(=O)N(CC(=O)NC(=O)NC2CCCCC2)C1=O. The van der Waals surface area contributed by atoms with Crippen LogP contribution in [0.5, 0.6) is 0 Å². The van der Waals surface area contributed by atoms with E-state index in [4.69, 9.17) is 0 Å². The van der Waals surface area contributed by atoms with E-state index in [9.17, 15) is 19.2 Å². The maximum Gasteiger partial charge on any atom is 0.325 e. The summed E-state index contributed by atoms with van der Waals surface area (Å²) in [5, 5.41) is 7.60. The largest absolute Gasteiger partial charge is 0.335 e. The fraction of sp³-hybridized carbons (Fsp3) is 0.474. The minimum Gasteiger partial charge on any atom is -0.335 e. The number of hydrogen-bond acceptors (Lipinski definition) is 4. The van der Waals surface area contributed by atoms with Crippen molar-refractivity contribution in [3.63, 3.8) is 0 Å². The molecule has 1 aliphatic heterocycles. The molecule has 9 heteroatoms. The van der Waals surface area contributed by atoms with Crippen molar-refractivity contribution in [3.05, 3.63) is 34.3 Å². The zero-order valence-electron chi connectivity index (χ0n) is 15.6. The van der Waals surface area contributed by atoms with Crippen LogP contribution in [-0.2, 0) is 15.1 Å². The van der Waals surface area contributed by atoms with Crippen LogP contribution in [-0.4, -0.2) is 41.4 Å². The number of rotatable bonds is 4. The highest BCUT2D eigenvalue weighted by Crippen LogP contribution is 2.30. The molecule has 0 spiro atoms. The van der Waals surface area contributed by atoms with E-state index in [1.54, 1.807) is 25.1 Å². The van der Waals surface area contributed by atoms with E-state index in [1.807, 2.05) is 6.07 Å². The summed E-state index contributed by atoms with van der Waals surface area (Å²) >= 11 is 3.35. The summed E-state index contributed by atoms with van der Waals surface area (Å²) < 4.78 is 0.767. The third kappa shape index (κ3) is 4.35. The molecule has 8 nitrogen and oxygen atoms in total. The van der Waals surface area contributed by atoms with E-state index in [1.165, 1.54) is 0 Å². The number of nitrogens with zero attached hydrogens (tertiary/aromatic N) is 1. The molecule has 1 heterocycles. The first-order valence-electron chi connectivity index (χ1n) is 9.30. The van der Waals surface area contributed by atoms with E-state index in [0.717, 1.165) is 41.5 Å². The van der Waals surface area contributed by atoms with Crippen molar-refractivity contribution in [2.24, 2.45) is 0 Å². The van der Waals surface area contributed by atoms with Gasteiger partial charge in [0.15, 0.2) is 0 Å². The van der Waals surface area contributed by atoms with Crippen molar-refractivity contribution in [2.45, 2.75) is 50.6 Å². The van der Waals surface area contributed by atoms with Crippen LogP contribution in [0.15, 0.2) is 28.7 Å². The van der Waals surface area contributed by atoms with Crippen molar-refractivity contribution in [3.8, 4) is 0 Å². The average molecular weight is 451 g/mol. The third-order valence-corrected chi connectivity index (χ3v) is 5.67. The first-order chi connectivity index (χ1) is 13.3. The predicted molar refractivity (Wildman–Crippen MR) is 105 cm³/mol. The molecule has 1 aromatic carbocycles. The molecule has 1 saturated heterocycles. The smallest absolute Gasteiger partial charge is 0.325 e. The molecule has 1 aromatic rings. The molecule has 150 valence electrons. The Bertz CT molecular complexity index is 809. The van der Waals surface area contributed by atoms with E-state index in [0.29, 0.717) is 5.56 Å². The van der Waals surface area contributed by atoms with E-state index in [2.05, 4.69) is 31.9 Å². The Morgan fingerprint density at radius 2 is 1.96 bits per heavy atom. The van der Waals surface area contributed by atoms with Gasteiger partial charge >= 0.3 is 12.1 Å². The maximum atomic E-state index is 12.8. The van der Waals surface area contributed by atoms with E-state index >= 15 is 0 Å². The Morgan fingerprint density at radius 1 is 1.25 bits per heavy atom. The number of benzene rings is 1. The molecule has 1 saturated carbocycles. The van der Waals surface area contributed by atoms with Gasteiger partial charge in [0.2, 0.25) is 5.91 Å². The number of amides is 6. The lowest BCUT2D eigenvalue weighted by Crippen LogP contribution is -2.49. The fourth-order valence-electron chi connectivity index (χ4n) is 3.61. The van der Waals surface area contributed by atoms with Crippen molar-refractivity contribution in [1.82, 2.24) is 20.9 Å². The average Bonchev–Trinajstić information content (AvgIpc) is 2.86. The molecule has 1 atom stereocenters. The number of carbonyl (C=O) groups is 4. The van der Waals surface area contributed by atoms with Crippen LogP contribution >= 0.6 is 15.9 Å². The molecule has 0 unspecified atom stereocenters. The highest BCUT2D eigenvalue weighted by atomic mass is 79.9. The van der Waals surface area contributed by atoms with Gasteiger partial charge in [-0.05, 0) is 37.5 Å². The molecule has 2 fully saturated rings. The van der Waals surface area contributed by atoms with Crippen LogP contribution < -0.4 is 16.0 Å². The lowest BCUT2D eigenvalue weighted by molar-refractivity contribution is -0.134. The summed E-state index contributed by atoms with van der Waals surface area (Å²) in [5.41, 5.74) is -0.677. The zero-order valence-corrected chi connectivity index (χ0v) is 17.2. The second-order valence-corrected chi connectivity index (χ2v) is 8.23. The highest BCUT2D eigenvalue weighted by Gasteiger charge is 2.49. The quantitative estimate of drug-likeness (QED) is 0.611. The van der Waals surface area contributed by atoms with Crippen LogP contribution in [0.3, 0.4) is 0 Å². The number of hydrogen-bond donors (Lipinski definition) is 3. The van der Waals surface area contributed by atoms with Crippen molar-refractivity contribution >= 4 is 39.8 Å². The van der Waals surface area contributed by atoms with Crippen molar-refractivity contribution < 1.29 is 19.2 Å². The molecule has 0 radical (unpaired) electrons. The standard InChI is InChI=1S/C19H23BrN4O4/c1-19(12-6-5-7-13(20)10-12)16(26)24(18(28)23-19)11-15(25)22-17(27)21-14-8-3-2-4-9-14/h5-7,10,14H,2-4,8-9,11H2,1H3,(H,23,28)(H2,21,22,25,27)/t19-/m1/s1. The summed E-state index contributed by atoms with van der Waals surface area (Å²) in [7, 11) is 0. The van der Waals surface area contributed by atoms with Gasteiger partial charge in [0.05, 0.1) is 0 Å². The summed E-state index contributed by atoms with van der Waals surface area (Å²) in [6.07, 6.45) is 5.03. The van der Waals surface area contributed by atoms with Gasteiger partial charge in [0.25, 0.3) is 5.91 Å². The normalized spacial score (nSPS) is 22.7. The molecular weight excluding hydrogens is 428 g/mol. The van der Waals surface area contributed by atoms with Crippen molar-refractivity contribution in [2.75, 3.05) is 6.54 Å². The third-order valence-electron chi connectivity index (χ3n) is 5.17. The molecule has 0 aromatic heterocycles. The van der Waals surface area contributed by atoms with Gasteiger partial charge in [-0.3, -0.25) is 19.8 Å². The molecule has 3 rings (SSSR count). The summed E-state index contributed by atoms with van der Waals surface area (Å²) in [5.74, 6) is -1.26. The molecule has 6 amide bonds. The number of nitrogens with one attached hydrogen (secondary N) is 3. The van der Waals surface area contributed by atoms with Gasteiger partial charge in [-0.1, -0.05) is 47.3 Å². The Balaban J connectivity index is 1.60. The molecule has 3 N–H and O–H groups in total. The lowest BCUT2D eigenvalue weighted by Gasteiger charge is -2.23. The van der Waals surface area contributed by atoms with Gasteiger partial charge < -0.3 is 10.6 Å².